The van der Waals surface area contributed by atoms with Gasteiger partial charge in [-0.25, -0.2) is 0 Å². The highest BCUT2D eigenvalue weighted by Crippen LogP contribution is 2.09. The minimum absolute atomic E-state index is 0.00601. The predicted molar refractivity (Wildman–Crippen MR) is 61.3 cm³/mol. The highest BCUT2D eigenvalue weighted by atomic mass is 35.5. The van der Waals surface area contributed by atoms with Crippen molar-refractivity contribution in [2.45, 2.75) is 6.92 Å². The minimum Gasteiger partial charge on any atom is -0.377 e. The third-order valence-electron chi connectivity index (χ3n) is 1.63. The quantitative estimate of drug-likeness (QED) is 0.622. The van der Waals surface area contributed by atoms with E-state index in [-0.39, 0.29) is 11.8 Å². The molecule has 0 bridgehead atoms. The molecule has 0 aliphatic carbocycles. The Balaban J connectivity index is 0.000000319. The Bertz CT molecular complexity index is 323. The molecule has 1 amide bonds. The van der Waals surface area contributed by atoms with Gasteiger partial charge >= 0.3 is 0 Å². The van der Waals surface area contributed by atoms with Crippen molar-refractivity contribution < 1.29 is 9.53 Å². The lowest BCUT2D eigenvalue weighted by Crippen LogP contribution is -2.12. The molecule has 1 aromatic rings. The van der Waals surface area contributed by atoms with Gasteiger partial charge in [-0.3, -0.25) is 4.79 Å². The summed E-state index contributed by atoms with van der Waals surface area (Å²) in [5, 5.41) is 2.66. The zero-order valence-corrected chi connectivity index (χ0v) is 9.38. The number of hydrogen-bond donors (Lipinski definition) is 1. The van der Waals surface area contributed by atoms with Crippen molar-refractivity contribution in [1.82, 2.24) is 0 Å². The fraction of sp³-hybridized carbons (Fsp3) is 0.364. The molecule has 1 aliphatic rings. The number of anilines is 1. The molecule has 1 saturated heterocycles. The molecule has 0 spiro atoms. The standard InChI is InChI=1S/C9H10ClNO.C2H4O/c1-7-3-2-4-8(5-7)11-9(12)6-10;1-2-3-1/h2-5H,6H2,1H3,(H,11,12);1-2H2. The summed E-state index contributed by atoms with van der Waals surface area (Å²) in [5.74, 6) is -0.184. The van der Waals surface area contributed by atoms with Crippen LogP contribution < -0.4 is 5.32 Å². The van der Waals surface area contributed by atoms with E-state index < -0.39 is 0 Å². The molecule has 0 atom stereocenters. The van der Waals surface area contributed by atoms with E-state index >= 15 is 0 Å². The average molecular weight is 228 g/mol. The molecule has 0 aromatic heterocycles. The van der Waals surface area contributed by atoms with Crippen molar-refractivity contribution in [2.24, 2.45) is 0 Å². The zero-order chi connectivity index (χ0) is 11.1. The number of ether oxygens (including phenoxy) is 1. The zero-order valence-electron chi connectivity index (χ0n) is 8.63. The second-order valence-corrected chi connectivity index (χ2v) is 3.43. The van der Waals surface area contributed by atoms with E-state index in [1.807, 2.05) is 31.2 Å². The van der Waals surface area contributed by atoms with E-state index in [0.29, 0.717) is 0 Å². The normalized spacial score (nSPS) is 12.4. The van der Waals surface area contributed by atoms with E-state index in [0.717, 1.165) is 24.5 Å². The molecule has 2 rings (SSSR count). The SMILES string of the molecule is C1CO1.Cc1cccc(NC(=O)CCl)c1. The molecule has 0 saturated carbocycles. The van der Waals surface area contributed by atoms with Gasteiger partial charge in [-0.1, -0.05) is 12.1 Å². The Hall–Kier alpha value is -1.06. The van der Waals surface area contributed by atoms with E-state index in [4.69, 9.17) is 11.6 Å². The van der Waals surface area contributed by atoms with E-state index in [9.17, 15) is 4.79 Å². The van der Waals surface area contributed by atoms with Gasteiger partial charge in [0, 0.05) is 5.69 Å². The van der Waals surface area contributed by atoms with Gasteiger partial charge < -0.3 is 10.1 Å². The fourth-order valence-corrected chi connectivity index (χ4v) is 0.984. The van der Waals surface area contributed by atoms with Crippen molar-refractivity contribution in [1.29, 1.82) is 0 Å². The van der Waals surface area contributed by atoms with E-state index in [2.05, 4.69) is 10.1 Å². The number of aryl methyl sites for hydroxylation is 1. The molecule has 4 heteroatoms. The third kappa shape index (κ3) is 6.10. The summed E-state index contributed by atoms with van der Waals surface area (Å²) in [6.07, 6.45) is 0. The van der Waals surface area contributed by atoms with Crippen molar-refractivity contribution in [3.8, 4) is 0 Å². The predicted octanol–water partition coefficient (Wildman–Crippen LogP) is 2.19. The van der Waals surface area contributed by atoms with Crippen LogP contribution in [0.3, 0.4) is 0 Å². The van der Waals surface area contributed by atoms with Crippen molar-refractivity contribution in [3.05, 3.63) is 29.8 Å². The number of carbonyl (C=O) groups is 1. The monoisotopic (exact) mass is 227 g/mol. The van der Waals surface area contributed by atoms with Crippen LogP contribution in [0.15, 0.2) is 24.3 Å². The Morgan fingerprint density at radius 1 is 1.53 bits per heavy atom. The van der Waals surface area contributed by atoms with Crippen LogP contribution in [-0.4, -0.2) is 25.0 Å². The van der Waals surface area contributed by atoms with Gasteiger partial charge in [-0.15, -0.1) is 11.6 Å². The van der Waals surface area contributed by atoms with Crippen molar-refractivity contribution in [3.63, 3.8) is 0 Å². The molecule has 1 heterocycles. The molecule has 1 aliphatic heterocycles. The van der Waals surface area contributed by atoms with Crippen LogP contribution in [0.5, 0.6) is 0 Å². The van der Waals surface area contributed by atoms with Crippen LogP contribution >= 0.6 is 11.6 Å². The number of alkyl halides is 1. The topological polar surface area (TPSA) is 41.6 Å². The van der Waals surface area contributed by atoms with Gasteiger partial charge in [0.25, 0.3) is 0 Å². The largest absolute Gasteiger partial charge is 0.377 e. The van der Waals surface area contributed by atoms with Crippen LogP contribution in [0.4, 0.5) is 5.69 Å². The summed E-state index contributed by atoms with van der Waals surface area (Å²) < 4.78 is 4.50. The van der Waals surface area contributed by atoms with Gasteiger partial charge in [0.05, 0.1) is 13.2 Å². The summed E-state index contributed by atoms with van der Waals surface area (Å²) in [5.41, 5.74) is 1.91. The van der Waals surface area contributed by atoms with Gasteiger partial charge in [0.1, 0.15) is 5.88 Å². The Morgan fingerprint density at radius 2 is 2.20 bits per heavy atom. The Labute approximate surface area is 94.4 Å². The van der Waals surface area contributed by atoms with Crippen LogP contribution in [-0.2, 0) is 9.53 Å². The molecule has 1 N–H and O–H groups in total. The lowest BCUT2D eigenvalue weighted by atomic mass is 10.2. The number of amides is 1. The number of halogens is 1. The lowest BCUT2D eigenvalue weighted by Gasteiger charge is -2.02. The molecular formula is C11H14ClNO2. The van der Waals surface area contributed by atoms with Crippen molar-refractivity contribution in [2.75, 3.05) is 24.4 Å². The van der Waals surface area contributed by atoms with Gasteiger partial charge in [0.2, 0.25) is 5.91 Å². The van der Waals surface area contributed by atoms with Crippen LogP contribution in [0.1, 0.15) is 5.56 Å². The van der Waals surface area contributed by atoms with Crippen LogP contribution in [0, 0.1) is 6.92 Å². The number of benzene rings is 1. The Kier molecular flexibility index (Phi) is 5.15. The fourth-order valence-electron chi connectivity index (χ4n) is 0.917. The minimum atomic E-state index is -0.178. The lowest BCUT2D eigenvalue weighted by molar-refractivity contribution is -0.113. The van der Waals surface area contributed by atoms with E-state index in [1.54, 1.807) is 0 Å². The first-order valence-electron chi connectivity index (χ1n) is 4.72. The molecule has 15 heavy (non-hydrogen) atoms. The number of nitrogens with one attached hydrogen (secondary N) is 1. The maximum Gasteiger partial charge on any atom is 0.239 e. The molecular weight excluding hydrogens is 214 g/mol. The summed E-state index contributed by atoms with van der Waals surface area (Å²) in [6, 6.07) is 7.58. The second-order valence-electron chi connectivity index (χ2n) is 3.16. The highest BCUT2D eigenvalue weighted by molar-refractivity contribution is 6.29. The molecule has 0 unspecified atom stereocenters. The third-order valence-corrected chi connectivity index (χ3v) is 1.87. The van der Waals surface area contributed by atoms with Gasteiger partial charge in [0.15, 0.2) is 0 Å². The average Bonchev–Trinajstić information content (AvgIpc) is 3.04. The molecule has 82 valence electrons. The first-order chi connectivity index (χ1) is 7.22. The Morgan fingerprint density at radius 3 is 2.67 bits per heavy atom. The first kappa shape index (κ1) is 12.0. The molecule has 1 fully saturated rings. The molecule has 3 nitrogen and oxygen atoms in total. The van der Waals surface area contributed by atoms with Crippen molar-refractivity contribution >= 4 is 23.2 Å². The van der Waals surface area contributed by atoms with Crippen LogP contribution in [0.2, 0.25) is 0 Å². The summed E-state index contributed by atoms with van der Waals surface area (Å²) >= 11 is 5.33. The van der Waals surface area contributed by atoms with Crippen LogP contribution in [0.25, 0.3) is 0 Å². The van der Waals surface area contributed by atoms with E-state index in [1.165, 1.54) is 0 Å². The maximum absolute atomic E-state index is 10.8. The smallest absolute Gasteiger partial charge is 0.239 e. The molecule has 0 radical (unpaired) electrons. The molecule has 1 aromatic carbocycles. The summed E-state index contributed by atoms with van der Waals surface area (Å²) in [6.45, 7) is 3.97. The summed E-state index contributed by atoms with van der Waals surface area (Å²) in [4.78, 5) is 10.8. The number of rotatable bonds is 2. The maximum atomic E-state index is 10.8. The second kappa shape index (κ2) is 6.43. The van der Waals surface area contributed by atoms with Gasteiger partial charge in [-0.2, -0.15) is 0 Å². The number of hydrogen-bond acceptors (Lipinski definition) is 2. The summed E-state index contributed by atoms with van der Waals surface area (Å²) in [7, 11) is 0. The van der Waals surface area contributed by atoms with Gasteiger partial charge in [-0.05, 0) is 24.6 Å². The first-order valence-corrected chi connectivity index (χ1v) is 5.26. The highest BCUT2D eigenvalue weighted by Gasteiger charge is 1.98. The number of carbonyl (C=O) groups excluding carboxylic acids is 1. The number of epoxide rings is 1.